The fourth-order valence-electron chi connectivity index (χ4n) is 4.83. The number of hydrogen-bond donors (Lipinski definition) is 0. The Balaban J connectivity index is 1.59. The van der Waals surface area contributed by atoms with Crippen LogP contribution in [0.25, 0.3) is 0 Å². The zero-order valence-electron chi connectivity index (χ0n) is 15.4. The Bertz CT molecular complexity index is 368. The SMILES string of the molecule is CC(C)N1CCN(CC23CCC(C(C)C)(CC2)CO3)[C@H](C)C1. The lowest BCUT2D eigenvalue weighted by Crippen LogP contribution is -2.62. The molecule has 4 aliphatic rings. The first-order chi connectivity index (χ1) is 10.4. The number of fused-ring (bicyclic) bond motifs is 3. The summed E-state index contributed by atoms with van der Waals surface area (Å²) in [4.78, 5) is 5.32. The molecule has 0 aromatic rings. The van der Waals surface area contributed by atoms with E-state index in [4.69, 9.17) is 4.74 Å². The van der Waals surface area contributed by atoms with E-state index < -0.39 is 0 Å². The van der Waals surface area contributed by atoms with Crippen molar-refractivity contribution < 1.29 is 4.74 Å². The molecule has 4 fully saturated rings. The van der Waals surface area contributed by atoms with Crippen molar-refractivity contribution in [1.82, 2.24) is 9.80 Å². The van der Waals surface area contributed by atoms with Crippen LogP contribution in [-0.4, -0.2) is 60.3 Å². The molecule has 3 nitrogen and oxygen atoms in total. The monoisotopic (exact) mass is 308 g/mol. The van der Waals surface area contributed by atoms with Gasteiger partial charge in [0.15, 0.2) is 0 Å². The summed E-state index contributed by atoms with van der Waals surface area (Å²) in [5.41, 5.74) is 0.661. The Morgan fingerprint density at radius 3 is 2.18 bits per heavy atom. The zero-order chi connectivity index (χ0) is 16.0. The highest BCUT2D eigenvalue weighted by Gasteiger charge is 2.51. The highest BCUT2D eigenvalue weighted by Crippen LogP contribution is 2.52. The highest BCUT2D eigenvalue weighted by molar-refractivity contribution is 5.02. The molecular formula is C19H36N2O. The summed E-state index contributed by atoms with van der Waals surface area (Å²) in [5, 5.41) is 0. The lowest BCUT2D eigenvalue weighted by molar-refractivity contribution is -0.207. The summed E-state index contributed by atoms with van der Waals surface area (Å²) in [5.74, 6) is 0.763. The van der Waals surface area contributed by atoms with Crippen molar-refractivity contribution in [2.75, 3.05) is 32.8 Å². The summed E-state index contributed by atoms with van der Waals surface area (Å²) < 4.78 is 6.50. The molecule has 0 aromatic heterocycles. The fraction of sp³-hybridized carbons (Fsp3) is 1.00. The summed E-state index contributed by atoms with van der Waals surface area (Å²) in [6.07, 6.45) is 5.32. The van der Waals surface area contributed by atoms with Gasteiger partial charge in [0, 0.05) is 38.3 Å². The van der Waals surface area contributed by atoms with Crippen LogP contribution in [0.1, 0.15) is 60.3 Å². The van der Waals surface area contributed by atoms with Crippen LogP contribution in [0.3, 0.4) is 0 Å². The summed E-state index contributed by atoms with van der Waals surface area (Å²) in [6, 6.07) is 1.34. The third kappa shape index (κ3) is 2.97. The maximum atomic E-state index is 6.50. The van der Waals surface area contributed by atoms with Crippen molar-refractivity contribution in [3.05, 3.63) is 0 Å². The fourth-order valence-corrected chi connectivity index (χ4v) is 4.83. The average molecular weight is 309 g/mol. The van der Waals surface area contributed by atoms with E-state index >= 15 is 0 Å². The average Bonchev–Trinajstić information content (AvgIpc) is 2.50. The second-order valence-corrected chi connectivity index (χ2v) is 8.90. The Hall–Kier alpha value is -0.120. The van der Waals surface area contributed by atoms with Gasteiger partial charge in [-0.25, -0.2) is 0 Å². The topological polar surface area (TPSA) is 15.7 Å². The van der Waals surface area contributed by atoms with Gasteiger partial charge in [-0.15, -0.1) is 0 Å². The van der Waals surface area contributed by atoms with Crippen LogP contribution in [0.15, 0.2) is 0 Å². The van der Waals surface area contributed by atoms with E-state index in [9.17, 15) is 0 Å². The van der Waals surface area contributed by atoms with Crippen LogP contribution in [-0.2, 0) is 4.74 Å². The van der Waals surface area contributed by atoms with Crippen LogP contribution < -0.4 is 0 Å². The van der Waals surface area contributed by atoms with Crippen LogP contribution in [0, 0.1) is 11.3 Å². The van der Waals surface area contributed by atoms with Gasteiger partial charge in [0.25, 0.3) is 0 Å². The van der Waals surface area contributed by atoms with Gasteiger partial charge in [0.2, 0.25) is 0 Å². The van der Waals surface area contributed by atoms with Crippen LogP contribution in [0.4, 0.5) is 0 Å². The van der Waals surface area contributed by atoms with Gasteiger partial charge >= 0.3 is 0 Å². The molecule has 0 aromatic carbocycles. The highest BCUT2D eigenvalue weighted by atomic mass is 16.5. The minimum Gasteiger partial charge on any atom is -0.373 e. The normalized spacial score (nSPS) is 40.8. The molecule has 0 unspecified atom stereocenters. The van der Waals surface area contributed by atoms with Gasteiger partial charge in [0.05, 0.1) is 12.2 Å². The van der Waals surface area contributed by atoms with E-state index in [0.29, 0.717) is 17.5 Å². The number of rotatable bonds is 4. The summed E-state index contributed by atoms with van der Waals surface area (Å²) in [7, 11) is 0. The lowest BCUT2D eigenvalue weighted by atomic mass is 9.61. The number of ether oxygens (including phenoxy) is 1. The summed E-state index contributed by atoms with van der Waals surface area (Å²) >= 11 is 0. The van der Waals surface area contributed by atoms with Gasteiger partial charge in [0.1, 0.15) is 0 Å². The molecule has 0 N–H and O–H groups in total. The summed E-state index contributed by atoms with van der Waals surface area (Å²) in [6.45, 7) is 17.6. The van der Waals surface area contributed by atoms with Crippen molar-refractivity contribution in [1.29, 1.82) is 0 Å². The quantitative estimate of drug-likeness (QED) is 0.792. The van der Waals surface area contributed by atoms with Crippen molar-refractivity contribution in [3.8, 4) is 0 Å². The molecule has 4 rings (SSSR count). The predicted molar refractivity (Wildman–Crippen MR) is 92.2 cm³/mol. The maximum Gasteiger partial charge on any atom is 0.0809 e. The standard InChI is InChI=1S/C19H36N2O/c1-15(2)18-6-8-19(9-7-18,22-14-18)13-21-11-10-20(16(3)4)12-17(21)5/h15-17H,6-14H2,1-5H3/t17-,18?,19?/m1/s1. The van der Waals surface area contributed by atoms with Gasteiger partial charge in [-0.3, -0.25) is 9.80 Å². The molecule has 1 aliphatic carbocycles. The molecule has 1 saturated carbocycles. The lowest BCUT2D eigenvalue weighted by Gasteiger charge is -2.57. The number of piperazine rings is 1. The largest absolute Gasteiger partial charge is 0.373 e. The van der Waals surface area contributed by atoms with E-state index in [0.717, 1.165) is 19.1 Å². The smallest absolute Gasteiger partial charge is 0.0809 e. The molecule has 0 radical (unpaired) electrons. The molecular weight excluding hydrogens is 272 g/mol. The maximum absolute atomic E-state index is 6.50. The molecule has 128 valence electrons. The molecule has 3 heterocycles. The Labute approximate surface area is 137 Å². The van der Waals surface area contributed by atoms with E-state index in [1.54, 1.807) is 0 Å². The van der Waals surface area contributed by atoms with E-state index in [1.165, 1.54) is 45.3 Å². The van der Waals surface area contributed by atoms with E-state index in [1.807, 2.05) is 0 Å². The molecule has 3 saturated heterocycles. The Morgan fingerprint density at radius 1 is 1.05 bits per heavy atom. The molecule has 2 bridgehead atoms. The first-order valence-corrected chi connectivity index (χ1v) is 9.48. The van der Waals surface area contributed by atoms with E-state index in [-0.39, 0.29) is 5.60 Å². The Kier molecular flexibility index (Phi) is 4.61. The first kappa shape index (κ1) is 16.7. The number of nitrogens with zero attached hydrogens (tertiary/aromatic N) is 2. The van der Waals surface area contributed by atoms with Crippen LogP contribution in [0.2, 0.25) is 0 Å². The second kappa shape index (κ2) is 6.07. The second-order valence-electron chi connectivity index (χ2n) is 8.90. The molecule has 22 heavy (non-hydrogen) atoms. The third-order valence-corrected chi connectivity index (χ3v) is 7.07. The van der Waals surface area contributed by atoms with Gasteiger partial charge in [-0.05, 0) is 57.8 Å². The van der Waals surface area contributed by atoms with E-state index in [2.05, 4.69) is 44.4 Å². The number of hydrogen-bond acceptors (Lipinski definition) is 3. The van der Waals surface area contributed by atoms with Crippen molar-refractivity contribution in [3.63, 3.8) is 0 Å². The molecule has 0 amide bonds. The van der Waals surface area contributed by atoms with Crippen molar-refractivity contribution >= 4 is 0 Å². The van der Waals surface area contributed by atoms with Crippen molar-refractivity contribution in [2.45, 2.75) is 78.0 Å². The van der Waals surface area contributed by atoms with Gasteiger partial charge in [-0.2, -0.15) is 0 Å². The third-order valence-electron chi connectivity index (χ3n) is 7.07. The van der Waals surface area contributed by atoms with Gasteiger partial charge in [-0.1, -0.05) is 13.8 Å². The molecule has 0 spiro atoms. The van der Waals surface area contributed by atoms with Crippen LogP contribution >= 0.6 is 0 Å². The van der Waals surface area contributed by atoms with Gasteiger partial charge < -0.3 is 4.74 Å². The molecule has 3 aliphatic heterocycles. The Morgan fingerprint density at radius 2 is 1.73 bits per heavy atom. The minimum absolute atomic E-state index is 0.172. The zero-order valence-corrected chi connectivity index (χ0v) is 15.4. The minimum atomic E-state index is 0.172. The molecule has 1 atom stereocenters. The van der Waals surface area contributed by atoms with Crippen molar-refractivity contribution in [2.24, 2.45) is 11.3 Å². The van der Waals surface area contributed by atoms with Crippen LogP contribution in [0.5, 0.6) is 0 Å². The first-order valence-electron chi connectivity index (χ1n) is 9.48. The predicted octanol–water partition coefficient (Wildman–Crippen LogP) is 3.39. The molecule has 3 heteroatoms.